The molecule has 0 radical (unpaired) electrons. The van der Waals surface area contributed by atoms with E-state index in [2.05, 4.69) is 30.7 Å². The number of hydrogen-bond donors (Lipinski definition) is 2. The molecule has 0 amide bonds. The third-order valence-electron chi connectivity index (χ3n) is 2.60. The van der Waals surface area contributed by atoms with Gasteiger partial charge in [-0.2, -0.15) is 20.1 Å². The molecule has 0 aliphatic rings. The normalized spacial score (nSPS) is 12.1. The van der Waals surface area contributed by atoms with Gasteiger partial charge in [-0.15, -0.1) is 0 Å². The average molecular weight is 309 g/mol. The fourth-order valence-electron chi connectivity index (χ4n) is 1.59. The van der Waals surface area contributed by atoms with Crippen molar-refractivity contribution in [2.45, 2.75) is 13.8 Å². The molecule has 2 heterocycles. The molecule has 0 saturated carbocycles. The van der Waals surface area contributed by atoms with Crippen molar-refractivity contribution in [1.82, 2.24) is 24.7 Å². The quantitative estimate of drug-likeness (QED) is 0.739. The van der Waals surface area contributed by atoms with Crippen LogP contribution in [0.2, 0.25) is 0 Å². The van der Waals surface area contributed by atoms with Gasteiger partial charge in [-0.1, -0.05) is 6.92 Å². The first-order valence-corrected chi connectivity index (χ1v) is 8.30. The van der Waals surface area contributed by atoms with Gasteiger partial charge in [0.15, 0.2) is 0 Å². The maximum absolute atomic E-state index is 11.4. The number of anilines is 2. The van der Waals surface area contributed by atoms with Gasteiger partial charge in [-0.3, -0.25) is 4.21 Å². The van der Waals surface area contributed by atoms with Crippen LogP contribution in [0.1, 0.15) is 13.8 Å². The molecule has 0 saturated heterocycles. The van der Waals surface area contributed by atoms with E-state index in [0.717, 1.165) is 0 Å². The van der Waals surface area contributed by atoms with E-state index in [9.17, 15) is 4.21 Å². The summed E-state index contributed by atoms with van der Waals surface area (Å²) < 4.78 is 13.0. The second-order valence-electron chi connectivity index (χ2n) is 4.12. The first-order chi connectivity index (χ1) is 10.2. The van der Waals surface area contributed by atoms with Crippen LogP contribution in [0.3, 0.4) is 0 Å². The second kappa shape index (κ2) is 7.67. The van der Waals surface area contributed by atoms with Crippen molar-refractivity contribution in [3.63, 3.8) is 0 Å². The first-order valence-electron chi connectivity index (χ1n) is 6.81. The SMILES string of the molecule is CCNc1nc(NCCS(=O)CC)nc(-n2cccn2)n1. The van der Waals surface area contributed by atoms with Crippen molar-refractivity contribution >= 4 is 22.7 Å². The van der Waals surface area contributed by atoms with Gasteiger partial charge < -0.3 is 10.6 Å². The summed E-state index contributed by atoms with van der Waals surface area (Å²) in [4.78, 5) is 12.9. The third-order valence-corrected chi connectivity index (χ3v) is 3.91. The lowest BCUT2D eigenvalue weighted by Gasteiger charge is -2.09. The average Bonchev–Trinajstić information content (AvgIpc) is 3.01. The molecular weight excluding hydrogens is 290 g/mol. The van der Waals surface area contributed by atoms with E-state index in [1.165, 1.54) is 0 Å². The topological polar surface area (TPSA) is 97.6 Å². The molecule has 1 atom stereocenters. The molecule has 2 aromatic rings. The number of aromatic nitrogens is 5. The molecule has 2 rings (SSSR count). The summed E-state index contributed by atoms with van der Waals surface area (Å²) in [5.41, 5.74) is 0. The van der Waals surface area contributed by atoms with Crippen LogP contribution in [0.5, 0.6) is 0 Å². The Balaban J connectivity index is 2.14. The third kappa shape index (κ3) is 4.48. The molecule has 1 unspecified atom stereocenters. The van der Waals surface area contributed by atoms with Crippen LogP contribution >= 0.6 is 0 Å². The van der Waals surface area contributed by atoms with Crippen LogP contribution in [0.4, 0.5) is 11.9 Å². The fourth-order valence-corrected chi connectivity index (χ4v) is 2.21. The lowest BCUT2D eigenvalue weighted by molar-refractivity contribution is 0.684. The Kier molecular flexibility index (Phi) is 5.61. The predicted molar refractivity (Wildman–Crippen MR) is 83.2 cm³/mol. The zero-order valence-corrected chi connectivity index (χ0v) is 12.9. The number of nitrogens with zero attached hydrogens (tertiary/aromatic N) is 5. The van der Waals surface area contributed by atoms with Gasteiger partial charge in [0.1, 0.15) is 0 Å². The van der Waals surface area contributed by atoms with E-state index >= 15 is 0 Å². The molecule has 2 N–H and O–H groups in total. The summed E-state index contributed by atoms with van der Waals surface area (Å²) in [7, 11) is -0.811. The monoisotopic (exact) mass is 309 g/mol. The maximum Gasteiger partial charge on any atom is 0.257 e. The van der Waals surface area contributed by atoms with Crippen LogP contribution < -0.4 is 10.6 Å². The molecule has 0 aliphatic heterocycles. The molecule has 9 heteroatoms. The molecule has 0 aromatic carbocycles. The van der Waals surface area contributed by atoms with Gasteiger partial charge in [-0.25, -0.2) is 4.68 Å². The Morgan fingerprint density at radius 1 is 1.19 bits per heavy atom. The standard InChI is InChI=1S/C12H19N7OS/c1-3-13-10-16-11(14-7-9-21(20)4-2)18-12(17-10)19-8-5-6-15-19/h5-6,8H,3-4,7,9H2,1-2H3,(H2,13,14,16,17,18). The van der Waals surface area contributed by atoms with Crippen molar-refractivity contribution in [2.75, 3.05) is 35.2 Å². The van der Waals surface area contributed by atoms with Gasteiger partial charge in [0.2, 0.25) is 11.9 Å². The molecule has 21 heavy (non-hydrogen) atoms. The van der Waals surface area contributed by atoms with E-state index < -0.39 is 10.8 Å². The summed E-state index contributed by atoms with van der Waals surface area (Å²) in [6, 6.07) is 1.80. The number of nitrogens with one attached hydrogen (secondary N) is 2. The van der Waals surface area contributed by atoms with Crippen molar-refractivity contribution < 1.29 is 4.21 Å². The molecule has 0 aliphatic carbocycles. The summed E-state index contributed by atoms with van der Waals surface area (Å²) in [6.45, 7) is 5.13. The van der Waals surface area contributed by atoms with Crippen molar-refractivity contribution in [2.24, 2.45) is 0 Å². The van der Waals surface area contributed by atoms with E-state index in [0.29, 0.717) is 42.4 Å². The van der Waals surface area contributed by atoms with Crippen molar-refractivity contribution in [3.8, 4) is 5.95 Å². The Hall–Kier alpha value is -2.03. The van der Waals surface area contributed by atoms with Crippen LogP contribution in [-0.4, -0.2) is 53.5 Å². The summed E-state index contributed by atoms with van der Waals surface area (Å²) in [5, 5.41) is 10.2. The first kappa shape index (κ1) is 15.4. The van der Waals surface area contributed by atoms with Gasteiger partial charge in [-0.05, 0) is 13.0 Å². The van der Waals surface area contributed by atoms with E-state index in [4.69, 9.17) is 0 Å². The molecule has 114 valence electrons. The zero-order chi connectivity index (χ0) is 15.1. The van der Waals surface area contributed by atoms with Crippen molar-refractivity contribution in [3.05, 3.63) is 18.5 Å². The Morgan fingerprint density at radius 2 is 1.95 bits per heavy atom. The van der Waals surface area contributed by atoms with Crippen LogP contribution in [0, 0.1) is 0 Å². The maximum atomic E-state index is 11.4. The highest BCUT2D eigenvalue weighted by Gasteiger charge is 2.08. The highest BCUT2D eigenvalue weighted by molar-refractivity contribution is 7.84. The Morgan fingerprint density at radius 3 is 2.57 bits per heavy atom. The van der Waals surface area contributed by atoms with Crippen molar-refractivity contribution in [1.29, 1.82) is 0 Å². The largest absolute Gasteiger partial charge is 0.354 e. The molecule has 2 aromatic heterocycles. The molecule has 8 nitrogen and oxygen atoms in total. The molecule has 0 fully saturated rings. The Bertz CT molecular complexity index is 587. The lowest BCUT2D eigenvalue weighted by atomic mass is 10.7. The number of rotatable bonds is 8. The van der Waals surface area contributed by atoms with Gasteiger partial charge >= 0.3 is 0 Å². The molecule has 0 bridgehead atoms. The minimum absolute atomic E-state index is 0.435. The van der Waals surface area contributed by atoms with Gasteiger partial charge in [0.25, 0.3) is 5.95 Å². The minimum atomic E-state index is -0.811. The van der Waals surface area contributed by atoms with Crippen LogP contribution in [0.15, 0.2) is 18.5 Å². The molecular formula is C12H19N7OS. The lowest BCUT2D eigenvalue weighted by Crippen LogP contribution is -2.16. The van der Waals surface area contributed by atoms with E-state index in [1.807, 2.05) is 13.8 Å². The zero-order valence-electron chi connectivity index (χ0n) is 12.1. The van der Waals surface area contributed by atoms with Gasteiger partial charge in [0.05, 0.1) is 0 Å². The van der Waals surface area contributed by atoms with Crippen LogP contribution in [-0.2, 0) is 10.8 Å². The highest BCUT2D eigenvalue weighted by atomic mass is 32.2. The smallest absolute Gasteiger partial charge is 0.257 e. The summed E-state index contributed by atoms with van der Waals surface area (Å²) in [5.74, 6) is 2.58. The predicted octanol–water partition coefficient (Wildman–Crippen LogP) is 0.670. The summed E-state index contributed by atoms with van der Waals surface area (Å²) in [6.07, 6.45) is 3.43. The van der Waals surface area contributed by atoms with E-state index in [1.54, 1.807) is 23.1 Å². The second-order valence-corrected chi connectivity index (χ2v) is 5.99. The highest BCUT2D eigenvalue weighted by Crippen LogP contribution is 2.08. The van der Waals surface area contributed by atoms with E-state index in [-0.39, 0.29) is 0 Å². The minimum Gasteiger partial charge on any atom is -0.354 e. The number of hydrogen-bond acceptors (Lipinski definition) is 7. The fraction of sp³-hybridized carbons (Fsp3) is 0.500. The molecule has 0 spiro atoms. The van der Waals surface area contributed by atoms with Gasteiger partial charge in [0, 0.05) is 47.8 Å². The Labute approximate surface area is 125 Å². The summed E-state index contributed by atoms with van der Waals surface area (Å²) >= 11 is 0. The van der Waals surface area contributed by atoms with Crippen LogP contribution in [0.25, 0.3) is 5.95 Å².